The first kappa shape index (κ1) is 19.8. The number of rotatable bonds is 9. The Hall–Kier alpha value is -2.95. The molecule has 0 aliphatic rings. The topological polar surface area (TPSA) is 47.6 Å². The lowest BCUT2D eigenvalue weighted by Crippen LogP contribution is -2.22. The largest absolute Gasteiger partial charge is 0.380 e. The van der Waals surface area contributed by atoms with Gasteiger partial charge in [0.15, 0.2) is 0 Å². The summed E-state index contributed by atoms with van der Waals surface area (Å²) in [6.45, 7) is 2.14. The van der Waals surface area contributed by atoms with Gasteiger partial charge in [0.25, 0.3) is 5.91 Å². The molecule has 0 heterocycles. The number of benzene rings is 3. The fraction of sp³-hybridized carbons (Fsp3) is 0.208. The molecule has 1 N–H and O–H groups in total. The van der Waals surface area contributed by atoms with E-state index < -0.39 is 0 Å². The van der Waals surface area contributed by atoms with Crippen LogP contribution in [-0.4, -0.2) is 13.0 Å². The van der Waals surface area contributed by atoms with Gasteiger partial charge in [0, 0.05) is 19.2 Å². The van der Waals surface area contributed by atoms with Crippen molar-refractivity contribution in [2.45, 2.75) is 26.4 Å². The van der Waals surface area contributed by atoms with E-state index in [1.165, 1.54) is 0 Å². The van der Waals surface area contributed by atoms with E-state index in [0.29, 0.717) is 31.9 Å². The quantitative estimate of drug-likeness (QED) is 0.600. The summed E-state index contributed by atoms with van der Waals surface area (Å²) in [4.78, 5) is 12.3. The third kappa shape index (κ3) is 6.05. The maximum Gasteiger partial charge on any atom is 0.251 e. The molecular formula is C24H25NO3. The van der Waals surface area contributed by atoms with Crippen molar-refractivity contribution in [2.24, 2.45) is 0 Å². The van der Waals surface area contributed by atoms with Gasteiger partial charge in [-0.25, -0.2) is 0 Å². The van der Waals surface area contributed by atoms with Crippen molar-refractivity contribution in [3.05, 3.63) is 107 Å². The van der Waals surface area contributed by atoms with Gasteiger partial charge in [-0.2, -0.15) is 0 Å². The Labute approximate surface area is 166 Å². The molecule has 0 spiro atoms. The predicted octanol–water partition coefficient (Wildman–Crippen LogP) is 4.48. The van der Waals surface area contributed by atoms with Gasteiger partial charge in [-0.05, 0) is 34.4 Å². The SMILES string of the molecule is COCc1cccc(C(=O)NCc2ccc(COCc3ccccc3)cc2)c1. The van der Waals surface area contributed by atoms with Crippen molar-refractivity contribution in [2.75, 3.05) is 7.11 Å². The van der Waals surface area contributed by atoms with E-state index in [4.69, 9.17) is 9.47 Å². The van der Waals surface area contributed by atoms with Gasteiger partial charge in [-0.1, -0.05) is 66.7 Å². The lowest BCUT2D eigenvalue weighted by molar-refractivity contribution is 0.0950. The second kappa shape index (κ2) is 10.4. The summed E-state index contributed by atoms with van der Waals surface area (Å²) in [6, 6.07) is 25.7. The number of hydrogen-bond acceptors (Lipinski definition) is 3. The number of carbonyl (C=O) groups is 1. The average Bonchev–Trinajstić information content (AvgIpc) is 2.74. The summed E-state index contributed by atoms with van der Waals surface area (Å²) in [7, 11) is 1.64. The zero-order valence-corrected chi connectivity index (χ0v) is 16.1. The number of nitrogens with one attached hydrogen (secondary N) is 1. The van der Waals surface area contributed by atoms with E-state index in [2.05, 4.69) is 17.4 Å². The van der Waals surface area contributed by atoms with Crippen LogP contribution in [0.15, 0.2) is 78.9 Å². The molecule has 0 aliphatic heterocycles. The van der Waals surface area contributed by atoms with Crippen molar-refractivity contribution in [1.29, 1.82) is 0 Å². The minimum absolute atomic E-state index is 0.0896. The van der Waals surface area contributed by atoms with E-state index in [1.807, 2.05) is 66.7 Å². The maximum atomic E-state index is 12.3. The van der Waals surface area contributed by atoms with Gasteiger partial charge < -0.3 is 14.8 Å². The smallest absolute Gasteiger partial charge is 0.251 e. The highest BCUT2D eigenvalue weighted by Gasteiger charge is 2.06. The van der Waals surface area contributed by atoms with Gasteiger partial charge in [0.05, 0.1) is 19.8 Å². The van der Waals surface area contributed by atoms with Crippen LogP contribution in [0.1, 0.15) is 32.6 Å². The number of carbonyl (C=O) groups excluding carboxylic acids is 1. The van der Waals surface area contributed by atoms with Crippen LogP contribution < -0.4 is 5.32 Å². The van der Waals surface area contributed by atoms with Crippen LogP contribution in [0.4, 0.5) is 0 Å². The molecule has 4 nitrogen and oxygen atoms in total. The standard InChI is InChI=1S/C24H25NO3/c1-27-16-22-8-5-9-23(14-22)24(26)25-15-19-10-12-21(13-11-19)18-28-17-20-6-3-2-4-7-20/h2-14H,15-18H2,1H3,(H,25,26). The Bertz CT molecular complexity index is 876. The number of methoxy groups -OCH3 is 1. The Morgan fingerprint density at radius 3 is 2.11 bits per heavy atom. The molecule has 0 radical (unpaired) electrons. The summed E-state index contributed by atoms with van der Waals surface area (Å²) >= 11 is 0. The molecule has 0 bridgehead atoms. The highest BCUT2D eigenvalue weighted by Crippen LogP contribution is 2.10. The lowest BCUT2D eigenvalue weighted by atomic mass is 10.1. The maximum absolute atomic E-state index is 12.3. The zero-order chi connectivity index (χ0) is 19.6. The fourth-order valence-corrected chi connectivity index (χ4v) is 2.87. The molecule has 4 heteroatoms. The molecule has 0 unspecified atom stereocenters. The van der Waals surface area contributed by atoms with Crippen molar-refractivity contribution in [3.63, 3.8) is 0 Å². The number of ether oxygens (including phenoxy) is 2. The lowest BCUT2D eigenvalue weighted by Gasteiger charge is -2.08. The number of hydrogen-bond donors (Lipinski definition) is 1. The van der Waals surface area contributed by atoms with E-state index in [1.54, 1.807) is 7.11 Å². The van der Waals surface area contributed by atoms with Crippen molar-refractivity contribution < 1.29 is 14.3 Å². The first-order chi connectivity index (χ1) is 13.7. The molecule has 0 atom stereocenters. The predicted molar refractivity (Wildman–Crippen MR) is 110 cm³/mol. The Morgan fingerprint density at radius 1 is 0.750 bits per heavy atom. The van der Waals surface area contributed by atoms with Crippen LogP contribution in [0.3, 0.4) is 0 Å². The average molecular weight is 375 g/mol. The highest BCUT2D eigenvalue weighted by atomic mass is 16.5. The van der Waals surface area contributed by atoms with E-state index in [0.717, 1.165) is 22.3 Å². The molecule has 0 saturated heterocycles. The first-order valence-electron chi connectivity index (χ1n) is 9.30. The minimum Gasteiger partial charge on any atom is -0.380 e. The van der Waals surface area contributed by atoms with Crippen molar-refractivity contribution in [1.82, 2.24) is 5.32 Å². The van der Waals surface area contributed by atoms with E-state index >= 15 is 0 Å². The second-order valence-electron chi connectivity index (χ2n) is 6.61. The molecule has 0 fully saturated rings. The molecular weight excluding hydrogens is 350 g/mol. The number of amides is 1. The third-order valence-electron chi connectivity index (χ3n) is 4.36. The van der Waals surface area contributed by atoms with E-state index in [9.17, 15) is 4.79 Å². The summed E-state index contributed by atoms with van der Waals surface area (Å²) in [5.74, 6) is -0.0896. The van der Waals surface area contributed by atoms with Crippen LogP contribution >= 0.6 is 0 Å². The summed E-state index contributed by atoms with van der Waals surface area (Å²) in [6.07, 6.45) is 0. The second-order valence-corrected chi connectivity index (χ2v) is 6.61. The summed E-state index contributed by atoms with van der Waals surface area (Å²) in [5.41, 5.74) is 4.94. The summed E-state index contributed by atoms with van der Waals surface area (Å²) in [5, 5.41) is 2.96. The van der Waals surface area contributed by atoms with Crippen molar-refractivity contribution in [3.8, 4) is 0 Å². The van der Waals surface area contributed by atoms with Crippen LogP contribution in [0.25, 0.3) is 0 Å². The molecule has 1 amide bonds. The van der Waals surface area contributed by atoms with Crippen LogP contribution in [0.2, 0.25) is 0 Å². The molecule has 0 aromatic heterocycles. The third-order valence-corrected chi connectivity index (χ3v) is 4.36. The van der Waals surface area contributed by atoms with Gasteiger partial charge in [-0.15, -0.1) is 0 Å². The molecule has 3 rings (SSSR count). The fourth-order valence-electron chi connectivity index (χ4n) is 2.87. The van der Waals surface area contributed by atoms with Crippen LogP contribution in [0, 0.1) is 0 Å². The highest BCUT2D eigenvalue weighted by molar-refractivity contribution is 5.94. The molecule has 0 aliphatic carbocycles. The van der Waals surface area contributed by atoms with Crippen LogP contribution in [0.5, 0.6) is 0 Å². The van der Waals surface area contributed by atoms with Gasteiger partial charge in [-0.3, -0.25) is 4.79 Å². The van der Waals surface area contributed by atoms with Crippen LogP contribution in [-0.2, 0) is 35.8 Å². The first-order valence-corrected chi connectivity index (χ1v) is 9.30. The van der Waals surface area contributed by atoms with E-state index in [-0.39, 0.29) is 5.91 Å². The Balaban J connectivity index is 1.46. The molecule has 3 aromatic carbocycles. The van der Waals surface area contributed by atoms with Crippen molar-refractivity contribution >= 4 is 5.91 Å². The van der Waals surface area contributed by atoms with Gasteiger partial charge >= 0.3 is 0 Å². The summed E-state index contributed by atoms with van der Waals surface area (Å²) < 4.78 is 10.9. The van der Waals surface area contributed by atoms with Gasteiger partial charge in [0.1, 0.15) is 0 Å². The van der Waals surface area contributed by atoms with Gasteiger partial charge in [0.2, 0.25) is 0 Å². The Kier molecular flexibility index (Phi) is 7.36. The monoisotopic (exact) mass is 375 g/mol. The molecule has 3 aromatic rings. The Morgan fingerprint density at radius 2 is 1.39 bits per heavy atom. The normalized spacial score (nSPS) is 10.6. The zero-order valence-electron chi connectivity index (χ0n) is 16.1. The molecule has 144 valence electrons. The minimum atomic E-state index is -0.0896. The molecule has 28 heavy (non-hydrogen) atoms. The molecule has 0 saturated carbocycles.